The standard InChI is InChI=1S/C11H8BrNO2S/c1-15-11(14)8-5-3-2-4-7(8)10-13-6-9(12)16-10/h2-6H,1H3. The number of rotatable bonds is 2. The van der Waals surface area contributed by atoms with E-state index in [1.165, 1.54) is 18.4 Å². The Labute approximate surface area is 105 Å². The molecule has 0 saturated heterocycles. The molecule has 0 saturated carbocycles. The molecular formula is C11H8BrNO2S. The van der Waals surface area contributed by atoms with Crippen molar-refractivity contribution < 1.29 is 9.53 Å². The van der Waals surface area contributed by atoms with Crippen LogP contribution >= 0.6 is 27.3 Å². The van der Waals surface area contributed by atoms with Crippen LogP contribution in [0.3, 0.4) is 0 Å². The number of halogens is 1. The molecule has 0 N–H and O–H groups in total. The van der Waals surface area contributed by atoms with E-state index in [9.17, 15) is 4.79 Å². The molecule has 0 radical (unpaired) electrons. The lowest BCUT2D eigenvalue weighted by molar-refractivity contribution is 0.0601. The number of carbonyl (C=O) groups is 1. The predicted molar refractivity (Wildman–Crippen MR) is 66.6 cm³/mol. The van der Waals surface area contributed by atoms with Crippen LogP contribution in [-0.2, 0) is 4.74 Å². The fourth-order valence-corrected chi connectivity index (χ4v) is 2.58. The van der Waals surface area contributed by atoms with Crippen LogP contribution in [0.1, 0.15) is 10.4 Å². The second-order valence-corrected chi connectivity index (χ2v) is 5.42. The Morgan fingerprint density at radius 1 is 1.44 bits per heavy atom. The minimum Gasteiger partial charge on any atom is -0.465 e. The maximum Gasteiger partial charge on any atom is 0.338 e. The molecule has 0 amide bonds. The molecule has 2 rings (SSSR count). The number of methoxy groups -OCH3 is 1. The first kappa shape index (κ1) is 11.3. The van der Waals surface area contributed by atoms with Crippen molar-refractivity contribution in [1.82, 2.24) is 4.98 Å². The number of ether oxygens (including phenoxy) is 1. The van der Waals surface area contributed by atoms with Crippen molar-refractivity contribution in [2.75, 3.05) is 7.11 Å². The average molecular weight is 298 g/mol. The summed E-state index contributed by atoms with van der Waals surface area (Å²) in [6, 6.07) is 7.27. The molecule has 0 aliphatic rings. The van der Waals surface area contributed by atoms with Gasteiger partial charge in [0.1, 0.15) is 5.01 Å². The molecule has 1 aromatic carbocycles. The van der Waals surface area contributed by atoms with Crippen molar-refractivity contribution in [3.63, 3.8) is 0 Å². The number of carbonyl (C=O) groups excluding carboxylic acids is 1. The normalized spacial score (nSPS) is 10.1. The quantitative estimate of drug-likeness (QED) is 0.798. The Hall–Kier alpha value is -1.20. The van der Waals surface area contributed by atoms with Crippen molar-refractivity contribution in [2.45, 2.75) is 0 Å². The van der Waals surface area contributed by atoms with Gasteiger partial charge in [0, 0.05) is 5.56 Å². The van der Waals surface area contributed by atoms with Crippen LogP contribution in [0.15, 0.2) is 34.2 Å². The van der Waals surface area contributed by atoms with Gasteiger partial charge in [-0.15, -0.1) is 11.3 Å². The molecule has 5 heteroatoms. The summed E-state index contributed by atoms with van der Waals surface area (Å²) in [6.07, 6.45) is 1.72. The zero-order valence-corrected chi connectivity index (χ0v) is 10.8. The van der Waals surface area contributed by atoms with Gasteiger partial charge in [0.05, 0.1) is 22.7 Å². The Bertz CT molecular complexity index is 524. The van der Waals surface area contributed by atoms with Gasteiger partial charge in [-0.05, 0) is 22.0 Å². The molecule has 0 fully saturated rings. The molecule has 0 atom stereocenters. The molecule has 2 aromatic rings. The lowest BCUT2D eigenvalue weighted by atomic mass is 10.1. The SMILES string of the molecule is COC(=O)c1ccccc1-c1ncc(Br)s1. The number of aromatic nitrogens is 1. The van der Waals surface area contributed by atoms with Crippen LogP contribution in [0, 0.1) is 0 Å². The van der Waals surface area contributed by atoms with E-state index in [2.05, 4.69) is 20.9 Å². The molecule has 16 heavy (non-hydrogen) atoms. The summed E-state index contributed by atoms with van der Waals surface area (Å²) in [5.74, 6) is -0.345. The monoisotopic (exact) mass is 297 g/mol. The first-order valence-electron chi connectivity index (χ1n) is 4.51. The highest BCUT2D eigenvalue weighted by molar-refractivity contribution is 9.11. The van der Waals surface area contributed by atoms with E-state index in [0.29, 0.717) is 5.56 Å². The van der Waals surface area contributed by atoms with Gasteiger partial charge in [-0.25, -0.2) is 9.78 Å². The molecular weight excluding hydrogens is 290 g/mol. The Morgan fingerprint density at radius 3 is 2.81 bits per heavy atom. The van der Waals surface area contributed by atoms with Gasteiger partial charge < -0.3 is 4.74 Å². The van der Waals surface area contributed by atoms with Gasteiger partial charge in [-0.3, -0.25) is 0 Å². The summed E-state index contributed by atoms with van der Waals surface area (Å²) in [7, 11) is 1.37. The van der Waals surface area contributed by atoms with E-state index in [4.69, 9.17) is 4.74 Å². The highest BCUT2D eigenvalue weighted by atomic mass is 79.9. The van der Waals surface area contributed by atoms with E-state index in [1.54, 1.807) is 18.3 Å². The fraction of sp³-hybridized carbons (Fsp3) is 0.0909. The number of nitrogens with zero attached hydrogens (tertiary/aromatic N) is 1. The van der Waals surface area contributed by atoms with Crippen molar-refractivity contribution >= 4 is 33.2 Å². The van der Waals surface area contributed by atoms with Crippen LogP contribution in [0.2, 0.25) is 0 Å². The van der Waals surface area contributed by atoms with Gasteiger partial charge in [0.2, 0.25) is 0 Å². The third kappa shape index (κ3) is 2.15. The van der Waals surface area contributed by atoms with Crippen LogP contribution in [0.5, 0.6) is 0 Å². The number of esters is 1. The molecule has 0 unspecified atom stereocenters. The summed E-state index contributed by atoms with van der Waals surface area (Å²) in [4.78, 5) is 15.8. The number of thiazole rings is 1. The second-order valence-electron chi connectivity index (χ2n) is 3.01. The molecule has 0 aliphatic heterocycles. The number of hydrogen-bond donors (Lipinski definition) is 0. The van der Waals surface area contributed by atoms with Crippen molar-refractivity contribution in [3.8, 4) is 10.6 Å². The second kappa shape index (κ2) is 4.76. The minimum atomic E-state index is -0.345. The van der Waals surface area contributed by atoms with Gasteiger partial charge >= 0.3 is 5.97 Å². The smallest absolute Gasteiger partial charge is 0.338 e. The molecule has 0 spiro atoms. The maximum atomic E-state index is 11.6. The fourth-order valence-electron chi connectivity index (χ4n) is 1.34. The summed E-state index contributed by atoms with van der Waals surface area (Å²) in [5.41, 5.74) is 1.33. The topological polar surface area (TPSA) is 39.2 Å². The summed E-state index contributed by atoms with van der Waals surface area (Å²) in [6.45, 7) is 0. The lowest BCUT2D eigenvalue weighted by Crippen LogP contribution is -2.02. The van der Waals surface area contributed by atoms with Gasteiger partial charge in [0.25, 0.3) is 0 Å². The third-order valence-corrected chi connectivity index (χ3v) is 3.55. The van der Waals surface area contributed by atoms with E-state index in [0.717, 1.165) is 14.4 Å². The molecule has 1 heterocycles. The summed E-state index contributed by atoms with van der Waals surface area (Å²) in [5, 5.41) is 0.799. The summed E-state index contributed by atoms with van der Waals surface area (Å²) < 4.78 is 5.66. The maximum absolute atomic E-state index is 11.6. The molecule has 82 valence electrons. The average Bonchev–Trinajstić information content (AvgIpc) is 2.75. The van der Waals surface area contributed by atoms with Crippen LogP contribution < -0.4 is 0 Å². The first-order valence-corrected chi connectivity index (χ1v) is 6.12. The van der Waals surface area contributed by atoms with Crippen LogP contribution in [-0.4, -0.2) is 18.1 Å². The zero-order valence-electron chi connectivity index (χ0n) is 8.44. The number of hydrogen-bond acceptors (Lipinski definition) is 4. The van der Waals surface area contributed by atoms with E-state index >= 15 is 0 Å². The molecule has 0 bridgehead atoms. The van der Waals surface area contributed by atoms with Crippen LogP contribution in [0.4, 0.5) is 0 Å². The Balaban J connectivity index is 2.52. The van der Waals surface area contributed by atoms with E-state index in [1.807, 2.05) is 12.1 Å². The highest BCUT2D eigenvalue weighted by Gasteiger charge is 2.14. The zero-order chi connectivity index (χ0) is 11.5. The van der Waals surface area contributed by atoms with Crippen molar-refractivity contribution in [2.24, 2.45) is 0 Å². The molecule has 0 aliphatic carbocycles. The molecule has 3 nitrogen and oxygen atoms in total. The third-order valence-electron chi connectivity index (χ3n) is 2.04. The summed E-state index contributed by atoms with van der Waals surface area (Å²) >= 11 is 4.83. The Morgan fingerprint density at radius 2 is 2.19 bits per heavy atom. The first-order chi connectivity index (χ1) is 7.72. The van der Waals surface area contributed by atoms with Crippen molar-refractivity contribution in [3.05, 3.63) is 39.8 Å². The lowest BCUT2D eigenvalue weighted by Gasteiger charge is -2.04. The van der Waals surface area contributed by atoms with Gasteiger partial charge in [0.15, 0.2) is 0 Å². The Kier molecular flexibility index (Phi) is 3.36. The minimum absolute atomic E-state index is 0.345. The van der Waals surface area contributed by atoms with Gasteiger partial charge in [-0.1, -0.05) is 18.2 Å². The highest BCUT2D eigenvalue weighted by Crippen LogP contribution is 2.30. The number of benzene rings is 1. The molecule has 1 aromatic heterocycles. The van der Waals surface area contributed by atoms with Crippen LogP contribution in [0.25, 0.3) is 10.6 Å². The van der Waals surface area contributed by atoms with Gasteiger partial charge in [-0.2, -0.15) is 0 Å². The van der Waals surface area contributed by atoms with E-state index in [-0.39, 0.29) is 5.97 Å². The van der Waals surface area contributed by atoms with E-state index < -0.39 is 0 Å². The predicted octanol–water partition coefficient (Wildman–Crippen LogP) is 3.36. The van der Waals surface area contributed by atoms with Crippen molar-refractivity contribution in [1.29, 1.82) is 0 Å². The largest absolute Gasteiger partial charge is 0.465 e.